The summed E-state index contributed by atoms with van der Waals surface area (Å²) in [6.07, 6.45) is 0.693. The first kappa shape index (κ1) is 15.8. The van der Waals surface area contributed by atoms with Gasteiger partial charge in [0.1, 0.15) is 0 Å². The molecule has 24 heavy (non-hydrogen) atoms. The molecule has 3 atom stereocenters. The molecule has 2 aromatic carbocycles. The lowest BCUT2D eigenvalue weighted by Gasteiger charge is -2.38. The molecule has 1 heterocycles. The topological polar surface area (TPSA) is 12.0 Å². The van der Waals surface area contributed by atoms with Gasteiger partial charge in [-0.15, -0.1) is 0 Å². The van der Waals surface area contributed by atoms with Crippen molar-refractivity contribution in [2.75, 3.05) is 5.32 Å². The Hall–Kier alpha value is -1.75. The van der Waals surface area contributed by atoms with Gasteiger partial charge in [-0.25, -0.2) is 0 Å². The lowest BCUT2D eigenvalue weighted by molar-refractivity contribution is -0.137. The van der Waals surface area contributed by atoms with Crippen LogP contribution in [0.1, 0.15) is 35.1 Å². The molecule has 4 rings (SSSR count). The van der Waals surface area contributed by atoms with Crippen LogP contribution in [0, 0.1) is 5.92 Å². The largest absolute Gasteiger partial charge is 0.416 e. The maximum Gasteiger partial charge on any atom is 0.416 e. The molecule has 1 aliphatic carbocycles. The molecule has 1 N–H and O–H groups in total. The number of allylic oxidation sites excluding steroid dienone is 2. The van der Waals surface area contributed by atoms with E-state index in [1.165, 1.54) is 6.07 Å². The predicted molar refractivity (Wildman–Crippen MR) is 91.9 cm³/mol. The normalized spacial score (nSPS) is 25.1. The third-order valence-electron chi connectivity index (χ3n) is 4.92. The Kier molecular flexibility index (Phi) is 3.71. The molecule has 0 radical (unpaired) electrons. The average Bonchev–Trinajstić information content (AvgIpc) is 3.03. The van der Waals surface area contributed by atoms with E-state index in [-0.39, 0.29) is 17.9 Å². The summed E-state index contributed by atoms with van der Waals surface area (Å²) in [5, 5.41) is 3.46. The van der Waals surface area contributed by atoms with Crippen molar-refractivity contribution in [3.63, 3.8) is 0 Å². The number of hydrogen-bond acceptors (Lipinski definition) is 1. The van der Waals surface area contributed by atoms with E-state index in [4.69, 9.17) is 0 Å². The number of fused-ring (bicyclic) bond motifs is 3. The maximum absolute atomic E-state index is 13.0. The van der Waals surface area contributed by atoms with Gasteiger partial charge in [-0.05, 0) is 53.8 Å². The number of hydrogen-bond donors (Lipinski definition) is 1. The highest BCUT2D eigenvalue weighted by Crippen LogP contribution is 2.50. The van der Waals surface area contributed by atoms with Gasteiger partial charge in [0.25, 0.3) is 0 Å². The van der Waals surface area contributed by atoms with Crippen molar-refractivity contribution in [2.24, 2.45) is 5.92 Å². The van der Waals surface area contributed by atoms with E-state index >= 15 is 0 Å². The Balaban J connectivity index is 1.76. The summed E-state index contributed by atoms with van der Waals surface area (Å²) in [5.41, 5.74) is 2.12. The first-order valence-corrected chi connectivity index (χ1v) is 8.62. The lowest BCUT2D eigenvalue weighted by atomic mass is 9.76. The molecule has 1 aliphatic heterocycles. The molecule has 0 bridgehead atoms. The molecule has 0 saturated heterocycles. The molecule has 2 aliphatic rings. The molecule has 124 valence electrons. The molecule has 2 aromatic rings. The van der Waals surface area contributed by atoms with Gasteiger partial charge in [-0.1, -0.05) is 40.2 Å². The Morgan fingerprint density at radius 2 is 1.79 bits per heavy atom. The molecular formula is C19H15BrF3N. The third-order valence-corrected chi connectivity index (χ3v) is 5.45. The fraction of sp³-hybridized carbons (Fsp3) is 0.263. The predicted octanol–water partition coefficient (Wildman–Crippen LogP) is 6.29. The molecule has 0 amide bonds. The van der Waals surface area contributed by atoms with Crippen LogP contribution >= 0.6 is 15.9 Å². The van der Waals surface area contributed by atoms with Crippen molar-refractivity contribution in [2.45, 2.75) is 24.6 Å². The van der Waals surface area contributed by atoms with Gasteiger partial charge in [0, 0.05) is 16.1 Å². The van der Waals surface area contributed by atoms with E-state index in [1.807, 2.05) is 12.1 Å². The number of rotatable bonds is 1. The van der Waals surface area contributed by atoms with E-state index in [1.54, 1.807) is 6.07 Å². The fourth-order valence-electron chi connectivity index (χ4n) is 3.77. The van der Waals surface area contributed by atoms with Crippen molar-refractivity contribution >= 4 is 21.6 Å². The standard InChI is InChI=1S/C19H15BrF3N/c20-13-7-4-11(5-8-13)18-15-3-1-2-14(15)16-10-12(19(21,22)23)6-9-17(16)24-18/h1-2,4-10,14-15,18,24H,3H2/t14-,15-,18+/m1/s1. The maximum atomic E-state index is 13.0. The minimum atomic E-state index is -4.31. The zero-order valence-corrected chi connectivity index (χ0v) is 14.2. The van der Waals surface area contributed by atoms with Gasteiger partial charge < -0.3 is 5.32 Å². The quantitative estimate of drug-likeness (QED) is 0.561. The second-order valence-corrected chi connectivity index (χ2v) is 7.24. The van der Waals surface area contributed by atoms with Crippen molar-refractivity contribution in [1.29, 1.82) is 0 Å². The van der Waals surface area contributed by atoms with E-state index in [2.05, 4.69) is 45.5 Å². The number of anilines is 1. The van der Waals surface area contributed by atoms with Gasteiger partial charge in [0.2, 0.25) is 0 Å². The fourth-order valence-corrected chi connectivity index (χ4v) is 4.04. The van der Waals surface area contributed by atoms with Crippen molar-refractivity contribution in [3.05, 3.63) is 75.8 Å². The van der Waals surface area contributed by atoms with E-state index in [0.717, 1.165) is 33.8 Å². The summed E-state index contributed by atoms with van der Waals surface area (Å²) in [5.74, 6) is 0.263. The zero-order chi connectivity index (χ0) is 16.9. The number of alkyl halides is 3. The van der Waals surface area contributed by atoms with Crippen LogP contribution in [0.3, 0.4) is 0 Å². The Morgan fingerprint density at radius 3 is 2.50 bits per heavy atom. The highest BCUT2D eigenvalue weighted by Gasteiger charge is 2.39. The molecule has 5 heteroatoms. The van der Waals surface area contributed by atoms with Crippen LogP contribution in [0.15, 0.2) is 59.1 Å². The highest BCUT2D eigenvalue weighted by molar-refractivity contribution is 9.10. The summed E-state index contributed by atoms with van der Waals surface area (Å²) in [6.45, 7) is 0. The van der Waals surface area contributed by atoms with E-state index in [9.17, 15) is 13.2 Å². The van der Waals surface area contributed by atoms with Crippen LogP contribution < -0.4 is 5.32 Å². The molecule has 0 spiro atoms. The number of halogens is 4. The van der Waals surface area contributed by atoms with Crippen LogP contribution in [0.2, 0.25) is 0 Å². The summed E-state index contributed by atoms with van der Waals surface area (Å²) < 4.78 is 40.1. The van der Waals surface area contributed by atoms with Crippen LogP contribution in [0.25, 0.3) is 0 Å². The van der Waals surface area contributed by atoms with Crippen molar-refractivity contribution < 1.29 is 13.2 Å². The van der Waals surface area contributed by atoms with Crippen molar-refractivity contribution in [3.8, 4) is 0 Å². The zero-order valence-electron chi connectivity index (χ0n) is 12.6. The van der Waals surface area contributed by atoms with Crippen LogP contribution in [-0.4, -0.2) is 0 Å². The smallest absolute Gasteiger partial charge is 0.378 e. The average molecular weight is 394 g/mol. The third kappa shape index (κ3) is 2.65. The first-order chi connectivity index (χ1) is 11.4. The van der Waals surface area contributed by atoms with Crippen molar-refractivity contribution in [1.82, 2.24) is 0 Å². The monoisotopic (exact) mass is 393 g/mol. The summed E-state index contributed by atoms with van der Waals surface area (Å²) >= 11 is 3.44. The van der Waals surface area contributed by atoms with Gasteiger partial charge in [0.05, 0.1) is 11.6 Å². The molecule has 0 aromatic heterocycles. The first-order valence-electron chi connectivity index (χ1n) is 7.83. The van der Waals surface area contributed by atoms with E-state index in [0.29, 0.717) is 0 Å². The SMILES string of the molecule is FC(F)(F)c1ccc2c(c1)[C@@H]1C=CC[C@H]1[C@H](c1ccc(Br)cc1)N2. The summed E-state index contributed by atoms with van der Waals surface area (Å²) in [7, 11) is 0. The Morgan fingerprint density at radius 1 is 1.04 bits per heavy atom. The summed E-state index contributed by atoms with van der Waals surface area (Å²) in [6, 6.07) is 12.2. The highest BCUT2D eigenvalue weighted by atomic mass is 79.9. The molecule has 0 fully saturated rings. The van der Waals surface area contributed by atoms with Gasteiger partial charge in [-0.3, -0.25) is 0 Å². The second-order valence-electron chi connectivity index (χ2n) is 6.33. The van der Waals surface area contributed by atoms with Gasteiger partial charge in [0.15, 0.2) is 0 Å². The lowest BCUT2D eigenvalue weighted by Crippen LogP contribution is -2.29. The van der Waals surface area contributed by atoms with Crippen LogP contribution in [-0.2, 0) is 6.18 Å². The van der Waals surface area contributed by atoms with Crippen LogP contribution in [0.4, 0.5) is 18.9 Å². The number of benzene rings is 2. The van der Waals surface area contributed by atoms with Crippen LogP contribution in [0.5, 0.6) is 0 Å². The molecule has 0 unspecified atom stereocenters. The Bertz CT molecular complexity index is 795. The number of nitrogens with one attached hydrogen (secondary N) is 1. The second kappa shape index (κ2) is 5.66. The Labute approximate surface area is 146 Å². The molecule has 1 nitrogen and oxygen atoms in total. The van der Waals surface area contributed by atoms with E-state index < -0.39 is 11.7 Å². The molecule has 0 saturated carbocycles. The van der Waals surface area contributed by atoms with Gasteiger partial charge >= 0.3 is 6.18 Å². The molecular weight excluding hydrogens is 379 g/mol. The minimum absolute atomic E-state index is 0.0252. The summed E-state index contributed by atoms with van der Waals surface area (Å²) in [4.78, 5) is 0. The minimum Gasteiger partial charge on any atom is -0.378 e. The van der Waals surface area contributed by atoms with Gasteiger partial charge in [-0.2, -0.15) is 13.2 Å².